The molecule has 0 saturated carbocycles. The number of nitro groups is 1. The lowest BCUT2D eigenvalue weighted by atomic mass is 10.0. The summed E-state index contributed by atoms with van der Waals surface area (Å²) in [5, 5.41) is 13.5. The van der Waals surface area contributed by atoms with Gasteiger partial charge in [0, 0.05) is 24.2 Å². The molecule has 0 atom stereocenters. The molecule has 3 rings (SSSR count). The van der Waals surface area contributed by atoms with Gasteiger partial charge in [0.25, 0.3) is 11.6 Å². The van der Waals surface area contributed by atoms with Crippen LogP contribution in [0.3, 0.4) is 0 Å². The molecule has 142 valence electrons. The standard InChI is InChI=1S/C22H20N2O4/c1-16-13-19(24(26)27)11-12-20(16)23-22(25)15-28-21-10-6-5-9-18(21)14-17-7-3-2-4-8-17/h2-13H,14-15H2,1H3,(H,23,25). The van der Waals surface area contributed by atoms with Gasteiger partial charge in [-0.25, -0.2) is 0 Å². The highest BCUT2D eigenvalue weighted by molar-refractivity contribution is 5.92. The van der Waals surface area contributed by atoms with Crippen molar-refractivity contribution in [2.24, 2.45) is 0 Å². The van der Waals surface area contributed by atoms with Crippen molar-refractivity contribution in [1.82, 2.24) is 0 Å². The van der Waals surface area contributed by atoms with E-state index >= 15 is 0 Å². The van der Waals surface area contributed by atoms with E-state index in [1.807, 2.05) is 54.6 Å². The Hall–Kier alpha value is -3.67. The first-order chi connectivity index (χ1) is 13.5. The summed E-state index contributed by atoms with van der Waals surface area (Å²) in [5.41, 5.74) is 3.28. The van der Waals surface area contributed by atoms with E-state index in [0.29, 0.717) is 23.4 Å². The minimum Gasteiger partial charge on any atom is -0.483 e. The molecule has 3 aromatic carbocycles. The number of non-ortho nitro benzene ring substituents is 1. The first-order valence-electron chi connectivity index (χ1n) is 8.82. The molecule has 0 aliphatic carbocycles. The van der Waals surface area contributed by atoms with Crippen LogP contribution in [0.1, 0.15) is 16.7 Å². The third kappa shape index (κ3) is 4.94. The molecule has 1 amide bonds. The van der Waals surface area contributed by atoms with Crippen LogP contribution in [-0.4, -0.2) is 17.4 Å². The van der Waals surface area contributed by atoms with Crippen molar-refractivity contribution in [3.63, 3.8) is 0 Å². The highest BCUT2D eigenvalue weighted by Crippen LogP contribution is 2.23. The Bertz CT molecular complexity index is 987. The van der Waals surface area contributed by atoms with Gasteiger partial charge >= 0.3 is 0 Å². The predicted octanol–water partition coefficient (Wildman–Crippen LogP) is 4.51. The smallest absolute Gasteiger partial charge is 0.269 e. The van der Waals surface area contributed by atoms with Crippen LogP contribution in [0.25, 0.3) is 0 Å². The molecular formula is C22H20N2O4. The second kappa shape index (κ2) is 8.81. The molecule has 0 aliphatic heterocycles. The number of aryl methyl sites for hydroxylation is 1. The first-order valence-corrected chi connectivity index (χ1v) is 8.82. The van der Waals surface area contributed by atoms with Crippen molar-refractivity contribution in [3.8, 4) is 5.75 Å². The Morgan fingerprint density at radius 1 is 1.04 bits per heavy atom. The highest BCUT2D eigenvalue weighted by Gasteiger charge is 2.12. The van der Waals surface area contributed by atoms with Crippen molar-refractivity contribution < 1.29 is 14.5 Å². The number of rotatable bonds is 7. The fourth-order valence-electron chi connectivity index (χ4n) is 2.84. The van der Waals surface area contributed by atoms with Gasteiger partial charge in [0.1, 0.15) is 5.75 Å². The van der Waals surface area contributed by atoms with Crippen molar-refractivity contribution in [3.05, 3.63) is 99.6 Å². The Morgan fingerprint density at radius 3 is 2.46 bits per heavy atom. The number of nitrogens with zero attached hydrogens (tertiary/aromatic N) is 1. The number of hydrogen-bond donors (Lipinski definition) is 1. The molecule has 0 unspecified atom stereocenters. The first kappa shape index (κ1) is 19.1. The van der Waals surface area contributed by atoms with Gasteiger partial charge in [-0.15, -0.1) is 0 Å². The molecule has 3 aromatic rings. The van der Waals surface area contributed by atoms with Gasteiger partial charge in [0.05, 0.1) is 4.92 Å². The lowest BCUT2D eigenvalue weighted by molar-refractivity contribution is -0.384. The molecule has 0 saturated heterocycles. The molecule has 0 aliphatic rings. The van der Waals surface area contributed by atoms with Gasteiger partial charge in [0.2, 0.25) is 0 Å². The third-order valence-corrected chi connectivity index (χ3v) is 4.26. The molecule has 0 fully saturated rings. The summed E-state index contributed by atoms with van der Waals surface area (Å²) in [6.45, 7) is 1.56. The zero-order chi connectivity index (χ0) is 19.9. The number of hydrogen-bond acceptors (Lipinski definition) is 4. The topological polar surface area (TPSA) is 81.5 Å². The summed E-state index contributed by atoms with van der Waals surface area (Å²) in [4.78, 5) is 22.6. The Morgan fingerprint density at radius 2 is 1.75 bits per heavy atom. The summed E-state index contributed by atoms with van der Waals surface area (Å²) >= 11 is 0. The number of nitrogens with one attached hydrogen (secondary N) is 1. The van der Waals surface area contributed by atoms with Gasteiger partial charge in [-0.2, -0.15) is 0 Å². The maximum Gasteiger partial charge on any atom is 0.269 e. The van der Waals surface area contributed by atoms with E-state index in [9.17, 15) is 14.9 Å². The van der Waals surface area contributed by atoms with Gasteiger partial charge in [-0.1, -0.05) is 48.5 Å². The van der Waals surface area contributed by atoms with Crippen LogP contribution in [0, 0.1) is 17.0 Å². The Kier molecular flexibility index (Phi) is 6.01. The van der Waals surface area contributed by atoms with Crippen molar-refractivity contribution >= 4 is 17.3 Å². The molecule has 28 heavy (non-hydrogen) atoms. The van der Waals surface area contributed by atoms with Crippen LogP contribution in [0.4, 0.5) is 11.4 Å². The van der Waals surface area contributed by atoms with Crippen LogP contribution in [0.2, 0.25) is 0 Å². The molecular weight excluding hydrogens is 356 g/mol. The molecule has 0 aromatic heterocycles. The van der Waals surface area contributed by atoms with E-state index in [1.54, 1.807) is 6.92 Å². The third-order valence-electron chi connectivity index (χ3n) is 4.26. The van der Waals surface area contributed by atoms with Crippen molar-refractivity contribution in [1.29, 1.82) is 0 Å². The van der Waals surface area contributed by atoms with Crippen LogP contribution >= 0.6 is 0 Å². The normalized spacial score (nSPS) is 10.3. The molecule has 0 radical (unpaired) electrons. The van der Waals surface area contributed by atoms with Crippen molar-refractivity contribution in [2.75, 3.05) is 11.9 Å². The number of ether oxygens (including phenoxy) is 1. The SMILES string of the molecule is Cc1cc([N+](=O)[O-])ccc1NC(=O)COc1ccccc1Cc1ccccc1. The number of para-hydroxylation sites is 1. The average molecular weight is 376 g/mol. The van der Waals surface area contributed by atoms with Gasteiger partial charge in [-0.3, -0.25) is 14.9 Å². The number of carbonyl (C=O) groups is 1. The second-order valence-electron chi connectivity index (χ2n) is 6.36. The maximum absolute atomic E-state index is 12.3. The Labute approximate surface area is 162 Å². The van der Waals surface area contributed by atoms with Crippen LogP contribution in [-0.2, 0) is 11.2 Å². The molecule has 1 N–H and O–H groups in total. The average Bonchev–Trinajstić information content (AvgIpc) is 2.69. The quantitative estimate of drug-likeness (QED) is 0.486. The van der Waals surface area contributed by atoms with Gasteiger partial charge in [0.15, 0.2) is 6.61 Å². The van der Waals surface area contributed by atoms with E-state index < -0.39 is 4.92 Å². The summed E-state index contributed by atoms with van der Waals surface area (Å²) in [5.74, 6) is 0.327. The minimum atomic E-state index is -0.467. The van der Waals surface area contributed by atoms with Crippen molar-refractivity contribution in [2.45, 2.75) is 13.3 Å². The fraction of sp³-hybridized carbons (Fsp3) is 0.136. The van der Waals surface area contributed by atoms with E-state index in [1.165, 1.54) is 18.2 Å². The number of benzene rings is 3. The Balaban J connectivity index is 1.63. The number of amides is 1. The zero-order valence-electron chi connectivity index (χ0n) is 15.4. The maximum atomic E-state index is 12.3. The largest absolute Gasteiger partial charge is 0.483 e. The monoisotopic (exact) mass is 376 g/mol. The van der Waals surface area contributed by atoms with Crippen LogP contribution in [0.5, 0.6) is 5.75 Å². The summed E-state index contributed by atoms with van der Waals surface area (Å²) < 4.78 is 5.72. The number of carbonyl (C=O) groups excluding carboxylic acids is 1. The zero-order valence-corrected chi connectivity index (χ0v) is 15.4. The van der Waals surface area contributed by atoms with Crippen LogP contribution in [0.15, 0.2) is 72.8 Å². The minimum absolute atomic E-state index is 0.0124. The fourth-order valence-corrected chi connectivity index (χ4v) is 2.84. The number of anilines is 1. The second-order valence-corrected chi connectivity index (χ2v) is 6.36. The van der Waals surface area contributed by atoms with E-state index in [-0.39, 0.29) is 18.2 Å². The summed E-state index contributed by atoms with van der Waals surface area (Å²) in [7, 11) is 0. The summed E-state index contributed by atoms with van der Waals surface area (Å²) in [6.07, 6.45) is 0.708. The molecule has 0 bridgehead atoms. The van der Waals surface area contributed by atoms with Crippen LogP contribution < -0.4 is 10.1 Å². The molecule has 6 heteroatoms. The molecule has 0 spiro atoms. The molecule has 6 nitrogen and oxygen atoms in total. The lowest BCUT2D eigenvalue weighted by Gasteiger charge is -2.12. The lowest BCUT2D eigenvalue weighted by Crippen LogP contribution is -2.21. The van der Waals surface area contributed by atoms with E-state index in [2.05, 4.69) is 5.32 Å². The van der Waals surface area contributed by atoms with Gasteiger partial charge in [-0.05, 0) is 35.7 Å². The highest BCUT2D eigenvalue weighted by atomic mass is 16.6. The van der Waals surface area contributed by atoms with E-state index in [0.717, 1.165) is 11.1 Å². The molecule has 0 heterocycles. The summed E-state index contributed by atoms with van der Waals surface area (Å²) in [6, 6.07) is 21.9. The van der Waals surface area contributed by atoms with Gasteiger partial charge < -0.3 is 10.1 Å². The number of nitro benzene ring substituents is 1. The van der Waals surface area contributed by atoms with E-state index in [4.69, 9.17) is 4.74 Å². The predicted molar refractivity (Wildman–Crippen MR) is 108 cm³/mol.